The van der Waals surface area contributed by atoms with Gasteiger partial charge in [0.05, 0.1) is 32.5 Å². The number of aryl methyl sites for hydroxylation is 1. The first-order valence-electron chi connectivity index (χ1n) is 12.2. The summed E-state index contributed by atoms with van der Waals surface area (Å²) < 4.78 is 9.43. The highest BCUT2D eigenvalue weighted by Crippen LogP contribution is 2.34. The van der Waals surface area contributed by atoms with Crippen LogP contribution < -0.4 is 14.9 Å². The van der Waals surface area contributed by atoms with Crippen molar-refractivity contribution in [1.82, 2.24) is 9.13 Å². The topological polar surface area (TPSA) is 65.6 Å². The van der Waals surface area contributed by atoms with E-state index >= 15 is 0 Å². The first-order chi connectivity index (χ1) is 18.6. The van der Waals surface area contributed by atoms with E-state index in [2.05, 4.69) is 9.56 Å². The summed E-state index contributed by atoms with van der Waals surface area (Å²) in [7, 11) is 0. The largest absolute Gasteiger partial charge is 0.463 e. The second-order valence-electron chi connectivity index (χ2n) is 9.08. The average Bonchev–Trinajstić information content (AvgIpc) is 3.34. The SMILES string of the molecule is CCOC(=O)C1=C(C)N=c2s/c(=C\c3cc(C)n(-c4ccc(Cl)c(Cl)c4)c3C)c(=O)n2C1c1ccccc1Cl. The van der Waals surface area contributed by atoms with E-state index in [9.17, 15) is 9.59 Å². The fourth-order valence-corrected chi connectivity index (χ4v) is 6.45. The van der Waals surface area contributed by atoms with Gasteiger partial charge in [0.25, 0.3) is 5.56 Å². The number of thiazole rings is 1. The molecular formula is C29H24Cl3N3O3S. The number of aromatic nitrogens is 2. The highest BCUT2D eigenvalue weighted by Gasteiger charge is 2.34. The molecule has 1 aliphatic rings. The quantitative estimate of drug-likeness (QED) is 0.258. The molecule has 0 radical (unpaired) electrons. The Balaban J connectivity index is 1.70. The van der Waals surface area contributed by atoms with E-state index in [-0.39, 0.29) is 12.2 Å². The minimum absolute atomic E-state index is 0.198. The van der Waals surface area contributed by atoms with Gasteiger partial charge in [0.1, 0.15) is 6.04 Å². The van der Waals surface area contributed by atoms with Crippen LogP contribution >= 0.6 is 46.1 Å². The number of hydrogen-bond acceptors (Lipinski definition) is 5. The monoisotopic (exact) mass is 599 g/mol. The van der Waals surface area contributed by atoms with Crippen LogP contribution in [0.15, 0.2) is 69.6 Å². The minimum atomic E-state index is -0.764. The normalized spacial score (nSPS) is 15.4. The van der Waals surface area contributed by atoms with E-state index in [4.69, 9.17) is 39.5 Å². The number of nitrogens with zero attached hydrogens (tertiary/aromatic N) is 3. The molecule has 200 valence electrons. The van der Waals surface area contributed by atoms with E-state index in [0.29, 0.717) is 41.2 Å². The molecule has 6 nitrogen and oxygen atoms in total. The van der Waals surface area contributed by atoms with Gasteiger partial charge in [0, 0.05) is 22.1 Å². The first-order valence-corrected chi connectivity index (χ1v) is 14.2. The number of fused-ring (bicyclic) bond motifs is 1. The fourth-order valence-electron chi connectivity index (χ4n) is 4.88. The predicted octanol–water partition coefficient (Wildman–Crippen LogP) is 6.17. The maximum atomic E-state index is 13.9. The van der Waals surface area contributed by atoms with Crippen molar-refractivity contribution in [3.8, 4) is 5.69 Å². The molecule has 0 amide bonds. The van der Waals surface area contributed by atoms with Crippen molar-refractivity contribution in [3.05, 3.63) is 117 Å². The van der Waals surface area contributed by atoms with Gasteiger partial charge in [-0.1, -0.05) is 64.3 Å². The average molecular weight is 601 g/mol. The van der Waals surface area contributed by atoms with Crippen LogP contribution in [-0.4, -0.2) is 21.7 Å². The van der Waals surface area contributed by atoms with E-state index in [0.717, 1.165) is 22.6 Å². The van der Waals surface area contributed by atoms with E-state index < -0.39 is 12.0 Å². The Hall–Kier alpha value is -3.10. The second kappa shape index (κ2) is 10.8. The Morgan fingerprint density at radius 3 is 2.49 bits per heavy atom. The van der Waals surface area contributed by atoms with Crippen LogP contribution in [0, 0.1) is 13.8 Å². The van der Waals surface area contributed by atoms with Gasteiger partial charge in [0.2, 0.25) is 0 Å². The highest BCUT2D eigenvalue weighted by molar-refractivity contribution is 7.07. The van der Waals surface area contributed by atoms with Gasteiger partial charge in [-0.25, -0.2) is 9.79 Å². The van der Waals surface area contributed by atoms with E-state index in [1.54, 1.807) is 32.0 Å². The summed E-state index contributed by atoms with van der Waals surface area (Å²) in [5, 5.41) is 1.39. The number of carbonyl (C=O) groups excluding carboxylic acids is 1. The zero-order chi connectivity index (χ0) is 28.0. The lowest BCUT2D eigenvalue weighted by Gasteiger charge is -2.25. The molecule has 0 fully saturated rings. The van der Waals surface area contributed by atoms with Gasteiger partial charge >= 0.3 is 5.97 Å². The van der Waals surface area contributed by atoms with Crippen molar-refractivity contribution >= 4 is 58.2 Å². The van der Waals surface area contributed by atoms with Crippen LogP contribution in [0.5, 0.6) is 0 Å². The van der Waals surface area contributed by atoms with Gasteiger partial charge in [-0.2, -0.15) is 0 Å². The molecule has 2 aromatic carbocycles. The van der Waals surface area contributed by atoms with Crippen LogP contribution in [0.2, 0.25) is 15.1 Å². The van der Waals surface area contributed by atoms with Gasteiger partial charge in [0.15, 0.2) is 4.80 Å². The Morgan fingerprint density at radius 2 is 1.79 bits per heavy atom. The molecule has 0 bridgehead atoms. The second-order valence-corrected chi connectivity index (χ2v) is 11.3. The summed E-state index contributed by atoms with van der Waals surface area (Å²) in [6, 6.07) is 13.9. The zero-order valence-electron chi connectivity index (χ0n) is 21.6. The third-order valence-electron chi connectivity index (χ3n) is 6.64. The fraction of sp³-hybridized carbons (Fsp3) is 0.207. The standard InChI is InChI=1S/C29H24Cl3N3O3S/c1-5-38-28(37)25-16(3)33-29-35(26(25)20-8-6-7-9-21(20)30)27(36)24(39-29)13-18-12-15(2)34(17(18)4)19-10-11-22(31)23(32)14-19/h6-14,26H,5H2,1-4H3/b24-13-. The molecule has 39 heavy (non-hydrogen) atoms. The van der Waals surface area contributed by atoms with Crippen molar-refractivity contribution < 1.29 is 9.53 Å². The molecule has 0 saturated heterocycles. The molecule has 1 unspecified atom stereocenters. The summed E-state index contributed by atoms with van der Waals surface area (Å²) in [5.74, 6) is -0.525. The zero-order valence-corrected chi connectivity index (χ0v) is 24.7. The van der Waals surface area contributed by atoms with Crippen LogP contribution in [-0.2, 0) is 9.53 Å². The number of halogens is 3. The summed E-state index contributed by atoms with van der Waals surface area (Å²) >= 11 is 20.2. The lowest BCUT2D eigenvalue weighted by Crippen LogP contribution is -2.40. The van der Waals surface area contributed by atoms with Crippen LogP contribution in [0.1, 0.15) is 42.4 Å². The molecule has 1 atom stereocenters. The van der Waals surface area contributed by atoms with Crippen molar-refractivity contribution in [2.45, 2.75) is 33.7 Å². The molecule has 0 N–H and O–H groups in total. The van der Waals surface area contributed by atoms with Crippen LogP contribution in [0.25, 0.3) is 11.8 Å². The van der Waals surface area contributed by atoms with Crippen LogP contribution in [0.4, 0.5) is 0 Å². The molecule has 0 spiro atoms. The maximum Gasteiger partial charge on any atom is 0.338 e. The number of allylic oxidation sites excluding steroid dienone is 1. The third-order valence-corrected chi connectivity index (χ3v) is 8.70. The molecule has 0 aliphatic carbocycles. The van der Waals surface area contributed by atoms with Gasteiger partial charge in [-0.15, -0.1) is 0 Å². The predicted molar refractivity (Wildman–Crippen MR) is 157 cm³/mol. The summed E-state index contributed by atoms with van der Waals surface area (Å²) in [4.78, 5) is 32.1. The van der Waals surface area contributed by atoms with E-state index in [1.165, 1.54) is 15.9 Å². The lowest BCUT2D eigenvalue weighted by atomic mass is 9.96. The number of hydrogen-bond donors (Lipinski definition) is 0. The number of ether oxygens (including phenoxy) is 1. The Labute approximate surface area is 244 Å². The first kappa shape index (κ1) is 27.5. The van der Waals surface area contributed by atoms with Gasteiger partial charge < -0.3 is 9.30 Å². The molecule has 1 aliphatic heterocycles. The summed E-state index contributed by atoms with van der Waals surface area (Å²) in [6.45, 7) is 7.65. The molecule has 10 heteroatoms. The maximum absolute atomic E-state index is 13.9. The van der Waals surface area contributed by atoms with Crippen molar-refractivity contribution in [3.63, 3.8) is 0 Å². The minimum Gasteiger partial charge on any atom is -0.463 e. The summed E-state index contributed by atoms with van der Waals surface area (Å²) in [6.07, 6.45) is 1.85. The smallest absolute Gasteiger partial charge is 0.338 e. The summed E-state index contributed by atoms with van der Waals surface area (Å²) in [5.41, 5.74) is 4.79. The molecular weight excluding hydrogens is 577 g/mol. The number of esters is 1. The third kappa shape index (κ3) is 4.89. The van der Waals surface area contributed by atoms with Crippen molar-refractivity contribution in [2.24, 2.45) is 4.99 Å². The highest BCUT2D eigenvalue weighted by atomic mass is 35.5. The number of rotatable bonds is 5. The molecule has 3 heterocycles. The van der Waals surface area contributed by atoms with Crippen LogP contribution in [0.3, 0.4) is 0 Å². The lowest BCUT2D eigenvalue weighted by molar-refractivity contribution is -0.139. The molecule has 0 saturated carbocycles. The molecule has 4 aromatic rings. The van der Waals surface area contributed by atoms with Crippen molar-refractivity contribution in [2.75, 3.05) is 6.61 Å². The van der Waals surface area contributed by atoms with E-state index in [1.807, 2.05) is 50.3 Å². The van der Waals surface area contributed by atoms with Gasteiger partial charge in [-0.3, -0.25) is 9.36 Å². The van der Waals surface area contributed by atoms with Gasteiger partial charge in [-0.05, 0) is 75.2 Å². The Bertz CT molecular complexity index is 1850. The van der Waals surface area contributed by atoms with Crippen molar-refractivity contribution in [1.29, 1.82) is 0 Å². The Kier molecular flexibility index (Phi) is 7.62. The Morgan fingerprint density at radius 1 is 1.05 bits per heavy atom. The molecule has 2 aromatic heterocycles. The number of benzene rings is 2. The number of carbonyl (C=O) groups is 1. The molecule has 5 rings (SSSR count).